The number of hydrogen-bond acceptors (Lipinski definition) is 5. The van der Waals surface area contributed by atoms with Crippen molar-refractivity contribution in [2.75, 3.05) is 13.7 Å². The van der Waals surface area contributed by atoms with Crippen LogP contribution in [0, 0.1) is 0 Å². The molecule has 1 aliphatic heterocycles. The summed E-state index contributed by atoms with van der Waals surface area (Å²) in [6.07, 6.45) is 0.404. The molecule has 0 aromatic rings. The fourth-order valence-electron chi connectivity index (χ4n) is 1.25. The third-order valence-electron chi connectivity index (χ3n) is 2.02. The van der Waals surface area contributed by atoms with Crippen molar-refractivity contribution in [3.8, 4) is 0 Å². The summed E-state index contributed by atoms with van der Waals surface area (Å²) >= 11 is 0. The van der Waals surface area contributed by atoms with E-state index in [0.717, 1.165) is 6.42 Å². The van der Waals surface area contributed by atoms with Crippen molar-refractivity contribution < 1.29 is 23.9 Å². The molecule has 1 atom stereocenters. The summed E-state index contributed by atoms with van der Waals surface area (Å²) in [5, 5.41) is 2.08. The second kappa shape index (κ2) is 5.45. The Bertz CT molecular complexity index is 270. The molecule has 0 radical (unpaired) electrons. The lowest BCUT2D eigenvalue weighted by Gasteiger charge is -2.08. The van der Waals surface area contributed by atoms with E-state index in [4.69, 9.17) is 4.74 Å². The molecular weight excluding hydrogens is 202 g/mol. The van der Waals surface area contributed by atoms with Gasteiger partial charge in [0.1, 0.15) is 12.5 Å². The zero-order valence-electron chi connectivity index (χ0n) is 8.45. The van der Waals surface area contributed by atoms with E-state index in [1.807, 2.05) is 0 Å². The maximum absolute atomic E-state index is 11.3. The van der Waals surface area contributed by atoms with Crippen LogP contribution in [0.1, 0.15) is 19.3 Å². The van der Waals surface area contributed by atoms with Gasteiger partial charge in [0.05, 0.1) is 7.11 Å². The minimum Gasteiger partial charge on any atom is -0.469 e. The Morgan fingerprint density at radius 3 is 2.73 bits per heavy atom. The standard InChI is InChI=1S/C9H13NO5/c1-14-8(12)5-7(11)10-9(13)6-3-2-4-15-6/h6H,2-5H2,1H3,(H,10,11,13). The van der Waals surface area contributed by atoms with E-state index in [-0.39, 0.29) is 0 Å². The molecular formula is C9H13NO5. The highest BCUT2D eigenvalue weighted by atomic mass is 16.5. The fourth-order valence-corrected chi connectivity index (χ4v) is 1.25. The molecule has 84 valence electrons. The second-order valence-electron chi connectivity index (χ2n) is 3.17. The van der Waals surface area contributed by atoms with Crippen LogP contribution in [0.5, 0.6) is 0 Å². The number of amides is 2. The maximum Gasteiger partial charge on any atom is 0.315 e. The van der Waals surface area contributed by atoms with E-state index in [1.54, 1.807) is 0 Å². The lowest BCUT2D eigenvalue weighted by atomic mass is 10.2. The fraction of sp³-hybridized carbons (Fsp3) is 0.667. The molecule has 1 N–H and O–H groups in total. The summed E-state index contributed by atoms with van der Waals surface area (Å²) in [4.78, 5) is 33.1. The summed E-state index contributed by atoms with van der Waals surface area (Å²) in [6.45, 7) is 0.531. The van der Waals surface area contributed by atoms with Gasteiger partial charge >= 0.3 is 5.97 Å². The molecule has 0 aromatic carbocycles. The number of rotatable bonds is 3. The topological polar surface area (TPSA) is 81.7 Å². The second-order valence-corrected chi connectivity index (χ2v) is 3.17. The van der Waals surface area contributed by atoms with Gasteiger partial charge in [-0.05, 0) is 12.8 Å². The Labute approximate surface area is 86.9 Å². The van der Waals surface area contributed by atoms with Crippen LogP contribution in [-0.2, 0) is 23.9 Å². The van der Waals surface area contributed by atoms with Gasteiger partial charge in [0, 0.05) is 6.61 Å². The van der Waals surface area contributed by atoms with E-state index in [0.29, 0.717) is 13.0 Å². The molecule has 2 amide bonds. The summed E-state index contributed by atoms with van der Waals surface area (Å²) in [7, 11) is 1.18. The summed E-state index contributed by atoms with van der Waals surface area (Å²) in [5.41, 5.74) is 0. The Hall–Kier alpha value is -1.43. The average Bonchev–Trinajstić information content (AvgIpc) is 2.70. The van der Waals surface area contributed by atoms with Gasteiger partial charge in [0.2, 0.25) is 5.91 Å². The summed E-state index contributed by atoms with van der Waals surface area (Å²) < 4.78 is 9.35. The van der Waals surface area contributed by atoms with Crippen LogP contribution in [-0.4, -0.2) is 37.6 Å². The third-order valence-corrected chi connectivity index (χ3v) is 2.02. The summed E-state index contributed by atoms with van der Waals surface area (Å²) in [5.74, 6) is -1.82. The summed E-state index contributed by atoms with van der Waals surface area (Å²) in [6, 6.07) is 0. The number of esters is 1. The van der Waals surface area contributed by atoms with Crippen LogP contribution in [0.15, 0.2) is 0 Å². The van der Waals surface area contributed by atoms with E-state index in [2.05, 4.69) is 10.1 Å². The Kier molecular flexibility index (Phi) is 4.23. The quantitative estimate of drug-likeness (QED) is 0.500. The van der Waals surface area contributed by atoms with Crippen molar-refractivity contribution in [2.45, 2.75) is 25.4 Å². The van der Waals surface area contributed by atoms with Crippen LogP contribution in [0.3, 0.4) is 0 Å². The van der Waals surface area contributed by atoms with Gasteiger partial charge in [-0.15, -0.1) is 0 Å². The van der Waals surface area contributed by atoms with Gasteiger partial charge in [-0.1, -0.05) is 0 Å². The number of methoxy groups -OCH3 is 1. The van der Waals surface area contributed by atoms with E-state index in [1.165, 1.54) is 7.11 Å². The Morgan fingerprint density at radius 1 is 1.47 bits per heavy atom. The van der Waals surface area contributed by atoms with Gasteiger partial charge in [-0.25, -0.2) is 0 Å². The molecule has 0 aromatic heterocycles. The highest BCUT2D eigenvalue weighted by Gasteiger charge is 2.25. The molecule has 6 nitrogen and oxygen atoms in total. The predicted molar refractivity (Wildman–Crippen MR) is 48.8 cm³/mol. The molecule has 1 fully saturated rings. The number of imide groups is 1. The van der Waals surface area contributed by atoms with Crippen molar-refractivity contribution in [1.82, 2.24) is 5.32 Å². The molecule has 1 saturated heterocycles. The first-order valence-electron chi connectivity index (χ1n) is 4.65. The minimum atomic E-state index is -0.673. The number of nitrogens with one attached hydrogen (secondary N) is 1. The molecule has 0 spiro atoms. The van der Waals surface area contributed by atoms with Crippen LogP contribution in [0.4, 0.5) is 0 Å². The number of ether oxygens (including phenoxy) is 2. The largest absolute Gasteiger partial charge is 0.469 e. The van der Waals surface area contributed by atoms with Crippen LogP contribution in [0.25, 0.3) is 0 Å². The average molecular weight is 215 g/mol. The Morgan fingerprint density at radius 2 is 2.20 bits per heavy atom. The minimum absolute atomic E-state index is 0.449. The highest BCUT2D eigenvalue weighted by molar-refractivity contribution is 6.03. The van der Waals surface area contributed by atoms with Gasteiger partial charge in [0.25, 0.3) is 5.91 Å². The van der Waals surface area contributed by atoms with Gasteiger partial charge in [-0.2, -0.15) is 0 Å². The van der Waals surface area contributed by atoms with Gasteiger partial charge in [-0.3, -0.25) is 19.7 Å². The first-order chi connectivity index (χ1) is 7.13. The molecule has 6 heteroatoms. The molecule has 1 aliphatic rings. The third kappa shape index (κ3) is 3.67. The molecule has 1 heterocycles. The molecule has 0 bridgehead atoms. The molecule has 1 rings (SSSR count). The van der Waals surface area contributed by atoms with E-state index >= 15 is 0 Å². The number of carbonyl (C=O) groups excluding carboxylic acids is 3. The number of hydrogen-bond donors (Lipinski definition) is 1. The van der Waals surface area contributed by atoms with Crippen LogP contribution >= 0.6 is 0 Å². The Balaban J connectivity index is 2.30. The zero-order chi connectivity index (χ0) is 11.3. The van der Waals surface area contributed by atoms with Crippen molar-refractivity contribution in [3.63, 3.8) is 0 Å². The molecule has 1 unspecified atom stereocenters. The van der Waals surface area contributed by atoms with Crippen molar-refractivity contribution in [2.24, 2.45) is 0 Å². The van der Waals surface area contributed by atoms with Gasteiger partial charge in [0.15, 0.2) is 0 Å². The first-order valence-corrected chi connectivity index (χ1v) is 4.65. The van der Waals surface area contributed by atoms with Crippen molar-refractivity contribution >= 4 is 17.8 Å². The monoisotopic (exact) mass is 215 g/mol. The molecule has 15 heavy (non-hydrogen) atoms. The first kappa shape index (κ1) is 11.6. The van der Waals surface area contributed by atoms with Crippen molar-refractivity contribution in [3.05, 3.63) is 0 Å². The lowest BCUT2D eigenvalue weighted by molar-refractivity contribution is -0.145. The highest BCUT2D eigenvalue weighted by Crippen LogP contribution is 2.11. The maximum atomic E-state index is 11.3. The van der Waals surface area contributed by atoms with E-state index in [9.17, 15) is 14.4 Å². The smallest absolute Gasteiger partial charge is 0.315 e. The van der Waals surface area contributed by atoms with E-state index < -0.39 is 30.3 Å². The number of carbonyl (C=O) groups is 3. The van der Waals surface area contributed by atoms with Crippen LogP contribution < -0.4 is 5.32 Å². The predicted octanol–water partition coefficient (Wildman–Crippen LogP) is -0.629. The zero-order valence-corrected chi connectivity index (χ0v) is 8.45. The molecule has 0 aliphatic carbocycles. The van der Waals surface area contributed by atoms with Crippen molar-refractivity contribution in [1.29, 1.82) is 0 Å². The SMILES string of the molecule is COC(=O)CC(=O)NC(=O)C1CCCO1. The van der Waals surface area contributed by atoms with Crippen LogP contribution in [0.2, 0.25) is 0 Å². The molecule has 0 saturated carbocycles. The normalized spacial score (nSPS) is 19.7. The van der Waals surface area contributed by atoms with Gasteiger partial charge < -0.3 is 9.47 Å². The lowest BCUT2D eigenvalue weighted by Crippen LogP contribution is -2.39.